The second-order valence-corrected chi connectivity index (χ2v) is 8.42. The molecule has 0 bridgehead atoms. The highest BCUT2D eigenvalue weighted by atomic mass is 32.2. The number of carbonyl (C=O) groups is 1. The fourth-order valence-corrected chi connectivity index (χ4v) is 4.82. The lowest BCUT2D eigenvalue weighted by Gasteiger charge is -2.35. The molecule has 1 amide bonds. The van der Waals surface area contributed by atoms with Crippen LogP contribution in [0.1, 0.15) is 0 Å². The Labute approximate surface area is 158 Å². The first-order valence-corrected chi connectivity index (χ1v) is 10.3. The van der Waals surface area contributed by atoms with Gasteiger partial charge in [-0.25, -0.2) is 13.2 Å². The minimum atomic E-state index is -3.55. The van der Waals surface area contributed by atoms with Gasteiger partial charge in [-0.1, -0.05) is 18.2 Å². The molecule has 2 aromatic carbocycles. The molecule has 142 valence electrons. The molecule has 0 aromatic heterocycles. The van der Waals surface area contributed by atoms with Crippen molar-refractivity contribution in [3.63, 3.8) is 0 Å². The van der Waals surface area contributed by atoms with E-state index in [2.05, 4.69) is 4.90 Å². The number of nitrogens with zero attached hydrogens (tertiary/aromatic N) is 3. The first kappa shape index (κ1) is 17.8. The lowest BCUT2D eigenvalue weighted by molar-refractivity contribution is 0.181. The molecule has 0 N–H and O–H groups in total. The molecule has 27 heavy (non-hydrogen) atoms. The molecule has 2 heterocycles. The van der Waals surface area contributed by atoms with Crippen molar-refractivity contribution in [3.8, 4) is 0 Å². The van der Waals surface area contributed by atoms with Gasteiger partial charge < -0.3 is 9.64 Å². The van der Waals surface area contributed by atoms with Gasteiger partial charge in [0.1, 0.15) is 6.61 Å². The zero-order valence-corrected chi connectivity index (χ0v) is 15.6. The van der Waals surface area contributed by atoms with E-state index in [-0.39, 0.29) is 4.90 Å². The van der Waals surface area contributed by atoms with Crippen molar-refractivity contribution in [1.82, 2.24) is 4.31 Å². The van der Waals surface area contributed by atoms with Crippen molar-refractivity contribution in [2.24, 2.45) is 0 Å². The molecular formula is C19H21N3O4S. The molecule has 0 unspecified atom stereocenters. The Kier molecular flexibility index (Phi) is 4.75. The van der Waals surface area contributed by atoms with E-state index in [0.717, 1.165) is 5.69 Å². The number of amides is 1. The number of para-hydroxylation sites is 1. The van der Waals surface area contributed by atoms with E-state index < -0.39 is 16.1 Å². The SMILES string of the molecule is O=C1OCCN1c1ccc(S(=O)(=O)N2CCN(c3ccccc3)CC2)cc1. The number of sulfonamides is 1. The highest BCUT2D eigenvalue weighted by molar-refractivity contribution is 7.89. The molecule has 0 saturated carbocycles. The molecule has 2 aromatic rings. The standard InChI is InChI=1S/C19H21N3O4S/c23-19-22(14-15-26-19)17-6-8-18(9-7-17)27(24,25)21-12-10-20(11-13-21)16-4-2-1-3-5-16/h1-9H,10-15H2. The van der Waals surface area contributed by atoms with Crippen LogP contribution in [-0.4, -0.2) is 58.1 Å². The third-order valence-electron chi connectivity index (χ3n) is 4.91. The monoisotopic (exact) mass is 387 g/mol. The fourth-order valence-electron chi connectivity index (χ4n) is 3.40. The molecule has 2 fully saturated rings. The van der Waals surface area contributed by atoms with Gasteiger partial charge in [0.2, 0.25) is 10.0 Å². The van der Waals surface area contributed by atoms with E-state index in [1.54, 1.807) is 24.3 Å². The third kappa shape index (κ3) is 3.50. The molecule has 2 aliphatic heterocycles. The molecule has 4 rings (SSSR count). The van der Waals surface area contributed by atoms with Crippen molar-refractivity contribution in [3.05, 3.63) is 54.6 Å². The number of hydrogen-bond donors (Lipinski definition) is 0. The van der Waals surface area contributed by atoms with Crippen LogP contribution in [0.25, 0.3) is 0 Å². The van der Waals surface area contributed by atoms with E-state index in [1.165, 1.54) is 9.21 Å². The number of ether oxygens (including phenoxy) is 1. The highest BCUT2D eigenvalue weighted by Gasteiger charge is 2.29. The van der Waals surface area contributed by atoms with Crippen LogP contribution in [0.3, 0.4) is 0 Å². The zero-order valence-electron chi connectivity index (χ0n) is 14.8. The number of cyclic esters (lactones) is 1. The average molecular weight is 387 g/mol. The molecule has 0 aliphatic carbocycles. The Balaban J connectivity index is 1.45. The summed E-state index contributed by atoms with van der Waals surface area (Å²) in [5.74, 6) is 0. The Morgan fingerprint density at radius 1 is 0.778 bits per heavy atom. The van der Waals surface area contributed by atoms with E-state index in [4.69, 9.17) is 4.74 Å². The molecule has 8 heteroatoms. The van der Waals surface area contributed by atoms with Crippen LogP contribution in [0.5, 0.6) is 0 Å². The summed E-state index contributed by atoms with van der Waals surface area (Å²) < 4.78 is 32.3. The van der Waals surface area contributed by atoms with Gasteiger partial charge in [0.25, 0.3) is 0 Å². The minimum absolute atomic E-state index is 0.243. The van der Waals surface area contributed by atoms with Gasteiger partial charge in [0.05, 0.1) is 11.4 Å². The quantitative estimate of drug-likeness (QED) is 0.804. The zero-order chi connectivity index (χ0) is 18.9. The Morgan fingerprint density at radius 3 is 2.04 bits per heavy atom. The number of piperazine rings is 1. The van der Waals surface area contributed by atoms with Crippen molar-refractivity contribution < 1.29 is 17.9 Å². The molecule has 0 atom stereocenters. The van der Waals surface area contributed by atoms with E-state index >= 15 is 0 Å². The maximum atomic E-state index is 12.9. The minimum Gasteiger partial charge on any atom is -0.447 e. The molecule has 2 saturated heterocycles. The van der Waals surface area contributed by atoms with E-state index in [9.17, 15) is 13.2 Å². The first-order chi connectivity index (χ1) is 13.1. The van der Waals surface area contributed by atoms with Gasteiger partial charge in [-0.2, -0.15) is 4.31 Å². The normalized spacial score (nSPS) is 18.6. The summed E-state index contributed by atoms with van der Waals surface area (Å²) in [6.45, 7) is 3.02. The Morgan fingerprint density at radius 2 is 1.44 bits per heavy atom. The summed E-state index contributed by atoms with van der Waals surface area (Å²) in [5, 5.41) is 0. The number of carbonyl (C=O) groups excluding carboxylic acids is 1. The van der Waals surface area contributed by atoms with Gasteiger partial charge in [-0.15, -0.1) is 0 Å². The maximum absolute atomic E-state index is 12.9. The highest BCUT2D eigenvalue weighted by Crippen LogP contribution is 2.24. The largest absolute Gasteiger partial charge is 0.447 e. The summed E-state index contributed by atoms with van der Waals surface area (Å²) in [4.78, 5) is 15.6. The van der Waals surface area contributed by atoms with E-state index in [1.807, 2.05) is 30.3 Å². The molecule has 0 radical (unpaired) electrons. The van der Waals surface area contributed by atoms with Gasteiger partial charge in [-0.3, -0.25) is 4.90 Å². The van der Waals surface area contributed by atoms with Gasteiger partial charge in [0, 0.05) is 37.6 Å². The summed E-state index contributed by atoms with van der Waals surface area (Å²) in [6.07, 6.45) is -0.400. The lowest BCUT2D eigenvalue weighted by Crippen LogP contribution is -2.48. The van der Waals surface area contributed by atoms with Crippen LogP contribution in [0.2, 0.25) is 0 Å². The van der Waals surface area contributed by atoms with Crippen LogP contribution < -0.4 is 9.80 Å². The summed E-state index contributed by atoms with van der Waals surface area (Å²) in [7, 11) is -3.55. The van der Waals surface area contributed by atoms with Crippen LogP contribution in [-0.2, 0) is 14.8 Å². The molecule has 2 aliphatic rings. The number of rotatable bonds is 4. The van der Waals surface area contributed by atoms with Crippen LogP contribution in [0.15, 0.2) is 59.5 Å². The van der Waals surface area contributed by atoms with E-state index in [0.29, 0.717) is 45.0 Å². The number of anilines is 2. The smallest absolute Gasteiger partial charge is 0.414 e. The van der Waals surface area contributed by atoms with Gasteiger partial charge in [0.15, 0.2) is 0 Å². The van der Waals surface area contributed by atoms with Crippen molar-refractivity contribution in [2.75, 3.05) is 49.1 Å². The average Bonchev–Trinajstić information content (AvgIpc) is 3.15. The summed E-state index contributed by atoms with van der Waals surface area (Å²) in [6, 6.07) is 16.4. The van der Waals surface area contributed by atoms with Gasteiger partial charge in [-0.05, 0) is 36.4 Å². The first-order valence-electron chi connectivity index (χ1n) is 8.90. The predicted molar refractivity (Wildman–Crippen MR) is 103 cm³/mol. The van der Waals surface area contributed by atoms with Crippen LogP contribution in [0, 0.1) is 0 Å². The molecular weight excluding hydrogens is 366 g/mol. The summed E-state index contributed by atoms with van der Waals surface area (Å²) in [5.41, 5.74) is 1.75. The van der Waals surface area contributed by atoms with Crippen molar-refractivity contribution in [2.45, 2.75) is 4.90 Å². The Hall–Kier alpha value is -2.58. The third-order valence-corrected chi connectivity index (χ3v) is 6.82. The van der Waals surface area contributed by atoms with Crippen LogP contribution in [0.4, 0.5) is 16.2 Å². The second-order valence-electron chi connectivity index (χ2n) is 6.49. The second kappa shape index (κ2) is 7.21. The molecule has 0 spiro atoms. The van der Waals surface area contributed by atoms with Gasteiger partial charge >= 0.3 is 6.09 Å². The maximum Gasteiger partial charge on any atom is 0.414 e. The fraction of sp³-hybridized carbons (Fsp3) is 0.316. The molecule has 7 nitrogen and oxygen atoms in total. The van der Waals surface area contributed by atoms with Crippen molar-refractivity contribution in [1.29, 1.82) is 0 Å². The summed E-state index contributed by atoms with van der Waals surface area (Å²) >= 11 is 0. The van der Waals surface area contributed by atoms with Crippen molar-refractivity contribution >= 4 is 27.5 Å². The Bertz CT molecular complexity index is 908. The number of hydrogen-bond acceptors (Lipinski definition) is 5. The predicted octanol–water partition coefficient (Wildman–Crippen LogP) is 2.15. The number of benzene rings is 2. The topological polar surface area (TPSA) is 70.2 Å². The lowest BCUT2D eigenvalue weighted by atomic mass is 10.2. The van der Waals surface area contributed by atoms with Crippen LogP contribution >= 0.6 is 0 Å².